The Balaban J connectivity index is 1.99. The molecule has 0 spiro atoms. The molecule has 1 heterocycles. The van der Waals surface area contributed by atoms with Gasteiger partial charge in [0.05, 0.1) is 19.3 Å². The summed E-state index contributed by atoms with van der Waals surface area (Å²) < 4.78 is 16.5. The average molecular weight is 433 g/mol. The van der Waals surface area contributed by atoms with Gasteiger partial charge in [-0.3, -0.25) is 14.4 Å². The Bertz CT molecular complexity index is 741. The lowest BCUT2D eigenvalue weighted by Crippen LogP contribution is -2.26. The normalized spacial score (nSPS) is 27.5. The minimum Gasteiger partial charge on any atom is -0.469 e. The van der Waals surface area contributed by atoms with Crippen molar-refractivity contribution in [1.82, 2.24) is 0 Å². The number of unbranched alkanes of at least 4 members (excludes halogenated alkanes) is 1. The Kier molecular flexibility index (Phi) is 9.31. The highest BCUT2D eigenvalue weighted by Crippen LogP contribution is 2.46. The van der Waals surface area contributed by atoms with Crippen LogP contribution in [0.1, 0.15) is 72.6 Å². The fourth-order valence-electron chi connectivity index (χ4n) is 4.51. The van der Waals surface area contributed by atoms with E-state index >= 15 is 0 Å². The van der Waals surface area contributed by atoms with E-state index in [4.69, 9.17) is 9.47 Å². The fourth-order valence-corrected chi connectivity index (χ4v) is 4.51. The monoisotopic (exact) mass is 432 g/mol. The summed E-state index contributed by atoms with van der Waals surface area (Å²) in [5.74, 6) is 5.54. The van der Waals surface area contributed by atoms with Crippen molar-refractivity contribution >= 4 is 17.7 Å². The highest BCUT2D eigenvalue weighted by Gasteiger charge is 2.49. The molecular formula is C25H36O6. The van der Waals surface area contributed by atoms with E-state index < -0.39 is 5.41 Å². The summed E-state index contributed by atoms with van der Waals surface area (Å²) >= 11 is 0. The maximum atomic E-state index is 12.7. The third-order valence-corrected chi connectivity index (χ3v) is 6.31. The topological polar surface area (TPSA) is 78.9 Å². The van der Waals surface area contributed by atoms with Gasteiger partial charge < -0.3 is 14.2 Å². The molecule has 6 nitrogen and oxygen atoms in total. The third kappa shape index (κ3) is 7.21. The van der Waals surface area contributed by atoms with Crippen molar-refractivity contribution < 1.29 is 28.6 Å². The molecule has 2 fully saturated rings. The van der Waals surface area contributed by atoms with Crippen molar-refractivity contribution in [3.63, 3.8) is 0 Å². The molecule has 0 unspecified atom stereocenters. The van der Waals surface area contributed by atoms with Crippen LogP contribution in [0.15, 0.2) is 12.2 Å². The van der Waals surface area contributed by atoms with Gasteiger partial charge in [-0.2, -0.15) is 0 Å². The van der Waals surface area contributed by atoms with Crippen LogP contribution in [0.4, 0.5) is 0 Å². The van der Waals surface area contributed by atoms with Crippen molar-refractivity contribution in [3.8, 4) is 11.8 Å². The number of hydrogen-bond donors (Lipinski definition) is 0. The second-order valence-electron chi connectivity index (χ2n) is 9.19. The molecule has 0 aromatic heterocycles. The van der Waals surface area contributed by atoms with Gasteiger partial charge >= 0.3 is 11.9 Å². The Hall–Kier alpha value is -2.13. The van der Waals surface area contributed by atoms with Crippen LogP contribution in [-0.2, 0) is 28.6 Å². The van der Waals surface area contributed by atoms with E-state index in [1.165, 1.54) is 14.0 Å². The largest absolute Gasteiger partial charge is 0.469 e. The van der Waals surface area contributed by atoms with E-state index in [-0.39, 0.29) is 47.9 Å². The first-order chi connectivity index (χ1) is 14.7. The quantitative estimate of drug-likeness (QED) is 0.225. The number of ketones is 1. The molecule has 1 aliphatic carbocycles. The number of ether oxygens (including phenoxy) is 3. The van der Waals surface area contributed by atoms with Crippen LogP contribution in [0.2, 0.25) is 0 Å². The van der Waals surface area contributed by atoms with Crippen LogP contribution in [-0.4, -0.2) is 43.1 Å². The van der Waals surface area contributed by atoms with Gasteiger partial charge in [-0.1, -0.05) is 26.3 Å². The lowest BCUT2D eigenvalue weighted by molar-refractivity contribution is -0.148. The van der Waals surface area contributed by atoms with E-state index in [9.17, 15) is 14.4 Å². The van der Waals surface area contributed by atoms with Gasteiger partial charge in [0, 0.05) is 37.5 Å². The van der Waals surface area contributed by atoms with Crippen molar-refractivity contribution in [2.75, 3.05) is 7.11 Å². The predicted octanol–water partition coefficient (Wildman–Crippen LogP) is 4.01. The number of carbonyl (C=O) groups is 3. The zero-order chi connectivity index (χ0) is 23.0. The molecule has 1 aliphatic heterocycles. The summed E-state index contributed by atoms with van der Waals surface area (Å²) in [6.07, 6.45) is 8.48. The molecule has 5 atom stereocenters. The fraction of sp³-hybridized carbons (Fsp3) is 0.720. The van der Waals surface area contributed by atoms with Crippen LogP contribution in [0.25, 0.3) is 0 Å². The van der Waals surface area contributed by atoms with Crippen LogP contribution in [0, 0.1) is 29.1 Å². The van der Waals surface area contributed by atoms with E-state index in [1.54, 1.807) is 13.0 Å². The lowest BCUT2D eigenvalue weighted by atomic mass is 9.83. The Morgan fingerprint density at radius 2 is 1.94 bits per heavy atom. The standard InChI is InChI=1S/C25H36O6/c1-6-7-14-25(3,4)23(27)13-12-19-20-15-18(10-8-9-11-24(28)29-5)31-22(20)16-21(19)30-17(2)26/h12-13,18-22H,8-11,14-16H2,1-5H3/b13-12+/t18-,19+,20+,21+,22-/m0/s1. The van der Waals surface area contributed by atoms with Gasteiger partial charge in [-0.05, 0) is 38.2 Å². The van der Waals surface area contributed by atoms with E-state index in [0.29, 0.717) is 19.3 Å². The number of allylic oxidation sites excluding steroid dienone is 1. The van der Waals surface area contributed by atoms with E-state index in [0.717, 1.165) is 25.7 Å². The van der Waals surface area contributed by atoms with Crippen LogP contribution < -0.4 is 0 Å². The summed E-state index contributed by atoms with van der Waals surface area (Å²) in [5.41, 5.74) is -0.553. The summed E-state index contributed by atoms with van der Waals surface area (Å²) in [6, 6.07) is 0. The summed E-state index contributed by atoms with van der Waals surface area (Å²) in [7, 11) is 1.40. The first-order valence-electron chi connectivity index (χ1n) is 11.2. The maximum Gasteiger partial charge on any atom is 0.305 e. The van der Waals surface area contributed by atoms with E-state index in [2.05, 4.69) is 16.6 Å². The molecule has 0 N–H and O–H groups in total. The van der Waals surface area contributed by atoms with Crippen LogP contribution in [0.5, 0.6) is 0 Å². The van der Waals surface area contributed by atoms with Gasteiger partial charge in [-0.15, -0.1) is 11.8 Å². The maximum absolute atomic E-state index is 12.7. The highest BCUT2D eigenvalue weighted by molar-refractivity contribution is 5.94. The second-order valence-corrected chi connectivity index (χ2v) is 9.19. The molecule has 1 saturated carbocycles. The Morgan fingerprint density at radius 3 is 2.58 bits per heavy atom. The first-order valence-corrected chi connectivity index (χ1v) is 11.2. The summed E-state index contributed by atoms with van der Waals surface area (Å²) in [5, 5.41) is 0. The molecule has 2 rings (SSSR count). The Labute approximate surface area is 186 Å². The van der Waals surface area contributed by atoms with Crippen LogP contribution >= 0.6 is 0 Å². The highest BCUT2D eigenvalue weighted by atomic mass is 16.6. The molecule has 2 aliphatic rings. The molecule has 0 radical (unpaired) electrons. The number of carbonyl (C=O) groups excluding carboxylic acids is 3. The van der Waals surface area contributed by atoms with Crippen molar-refractivity contribution in [2.45, 2.75) is 91.0 Å². The number of esters is 2. The SMILES string of the molecule is CC#CCC(C)(C)C(=O)/C=C/[C@@H]1[C@H]2C[C@H](CCCCC(=O)OC)O[C@H]2C[C@H]1OC(C)=O. The third-order valence-electron chi connectivity index (χ3n) is 6.31. The Morgan fingerprint density at radius 1 is 1.19 bits per heavy atom. The van der Waals surface area contributed by atoms with Gasteiger partial charge in [0.15, 0.2) is 5.78 Å². The number of methoxy groups -OCH3 is 1. The van der Waals surface area contributed by atoms with Crippen molar-refractivity contribution in [1.29, 1.82) is 0 Å². The second kappa shape index (κ2) is 11.5. The first kappa shape index (κ1) is 25.1. The van der Waals surface area contributed by atoms with Crippen LogP contribution in [0.3, 0.4) is 0 Å². The molecule has 1 saturated heterocycles. The van der Waals surface area contributed by atoms with Gasteiger partial charge in [0.2, 0.25) is 0 Å². The average Bonchev–Trinajstić information content (AvgIpc) is 3.24. The summed E-state index contributed by atoms with van der Waals surface area (Å²) in [4.78, 5) is 35.6. The summed E-state index contributed by atoms with van der Waals surface area (Å²) in [6.45, 7) is 6.98. The molecular weight excluding hydrogens is 396 g/mol. The number of fused-ring (bicyclic) bond motifs is 1. The number of hydrogen-bond acceptors (Lipinski definition) is 6. The van der Waals surface area contributed by atoms with Crippen molar-refractivity contribution in [3.05, 3.63) is 12.2 Å². The smallest absolute Gasteiger partial charge is 0.305 e. The predicted molar refractivity (Wildman–Crippen MR) is 117 cm³/mol. The molecule has 31 heavy (non-hydrogen) atoms. The molecule has 0 amide bonds. The minimum absolute atomic E-state index is 0.0264. The molecule has 172 valence electrons. The molecule has 0 bridgehead atoms. The lowest BCUT2D eigenvalue weighted by Gasteiger charge is -2.22. The van der Waals surface area contributed by atoms with Crippen molar-refractivity contribution in [2.24, 2.45) is 17.3 Å². The zero-order valence-corrected chi connectivity index (χ0v) is 19.4. The molecule has 0 aromatic rings. The molecule has 6 heteroatoms. The number of rotatable bonds is 10. The minimum atomic E-state index is -0.553. The molecule has 0 aromatic carbocycles. The van der Waals surface area contributed by atoms with E-state index in [1.807, 2.05) is 19.9 Å². The van der Waals surface area contributed by atoms with Gasteiger partial charge in [0.25, 0.3) is 0 Å². The zero-order valence-electron chi connectivity index (χ0n) is 19.4. The van der Waals surface area contributed by atoms with Gasteiger partial charge in [0.1, 0.15) is 6.10 Å². The van der Waals surface area contributed by atoms with Gasteiger partial charge in [-0.25, -0.2) is 0 Å².